The van der Waals surface area contributed by atoms with Crippen molar-refractivity contribution in [1.82, 2.24) is 15.1 Å². The van der Waals surface area contributed by atoms with Crippen molar-refractivity contribution in [3.8, 4) is 0 Å². The normalized spacial score (nSPS) is 26.9. The third-order valence-corrected chi connectivity index (χ3v) is 3.90. The first kappa shape index (κ1) is 14.5. The van der Waals surface area contributed by atoms with Crippen LogP contribution in [0.15, 0.2) is 0 Å². The average Bonchev–Trinajstić information content (AvgIpc) is 2.61. The van der Waals surface area contributed by atoms with Crippen LogP contribution in [-0.2, 0) is 4.79 Å². The van der Waals surface area contributed by atoms with Gasteiger partial charge >= 0.3 is 0 Å². The number of hydrogen-bond donors (Lipinski definition) is 1. The standard InChI is InChI=1S/C13H27N3O/c1-6-10(3)15(5)8-9-16-12(7-2)14-11(4)13(16)17/h10-12,14H,6-9H2,1-5H3. The van der Waals surface area contributed by atoms with Crippen molar-refractivity contribution in [1.29, 1.82) is 0 Å². The van der Waals surface area contributed by atoms with Crippen molar-refractivity contribution in [3.63, 3.8) is 0 Å². The van der Waals surface area contributed by atoms with Crippen LogP contribution in [0, 0.1) is 0 Å². The van der Waals surface area contributed by atoms with E-state index >= 15 is 0 Å². The summed E-state index contributed by atoms with van der Waals surface area (Å²) in [5.41, 5.74) is 0. The summed E-state index contributed by atoms with van der Waals surface area (Å²) in [7, 11) is 2.13. The van der Waals surface area contributed by atoms with Gasteiger partial charge in [0.2, 0.25) is 5.91 Å². The van der Waals surface area contributed by atoms with E-state index < -0.39 is 0 Å². The Morgan fingerprint density at radius 3 is 2.65 bits per heavy atom. The molecule has 4 heteroatoms. The topological polar surface area (TPSA) is 35.6 Å². The lowest BCUT2D eigenvalue weighted by atomic mass is 10.2. The first-order chi connectivity index (χ1) is 8.01. The molecular weight excluding hydrogens is 214 g/mol. The third-order valence-electron chi connectivity index (χ3n) is 3.90. The van der Waals surface area contributed by atoms with Gasteiger partial charge in [-0.2, -0.15) is 0 Å². The van der Waals surface area contributed by atoms with Gasteiger partial charge in [0.1, 0.15) is 0 Å². The molecule has 1 aliphatic rings. The second kappa shape index (κ2) is 6.36. The molecular formula is C13H27N3O. The van der Waals surface area contributed by atoms with Crippen LogP contribution in [0.1, 0.15) is 40.5 Å². The molecule has 0 aliphatic carbocycles. The molecule has 100 valence electrons. The van der Waals surface area contributed by atoms with Crippen LogP contribution in [0.4, 0.5) is 0 Å². The van der Waals surface area contributed by atoms with E-state index in [2.05, 4.69) is 38.0 Å². The van der Waals surface area contributed by atoms with Crippen LogP contribution in [0.25, 0.3) is 0 Å². The summed E-state index contributed by atoms with van der Waals surface area (Å²) in [6.07, 6.45) is 2.35. The minimum absolute atomic E-state index is 0.0196. The maximum Gasteiger partial charge on any atom is 0.240 e. The van der Waals surface area contributed by atoms with E-state index in [1.807, 2.05) is 11.8 Å². The van der Waals surface area contributed by atoms with E-state index in [4.69, 9.17) is 0 Å². The summed E-state index contributed by atoms with van der Waals surface area (Å²) in [6, 6.07) is 0.562. The lowest BCUT2D eigenvalue weighted by Crippen LogP contribution is -2.43. The van der Waals surface area contributed by atoms with E-state index in [9.17, 15) is 4.79 Å². The van der Waals surface area contributed by atoms with Crippen molar-refractivity contribution < 1.29 is 4.79 Å². The number of nitrogens with one attached hydrogen (secondary N) is 1. The quantitative estimate of drug-likeness (QED) is 0.761. The molecule has 0 aromatic rings. The molecule has 0 aromatic carbocycles. The molecule has 1 fully saturated rings. The van der Waals surface area contributed by atoms with Gasteiger partial charge in [0.25, 0.3) is 0 Å². The minimum atomic E-state index is -0.0196. The summed E-state index contributed by atoms with van der Waals surface area (Å²) < 4.78 is 0. The highest BCUT2D eigenvalue weighted by molar-refractivity contribution is 5.83. The van der Waals surface area contributed by atoms with Crippen LogP contribution in [0.3, 0.4) is 0 Å². The van der Waals surface area contributed by atoms with Crippen LogP contribution < -0.4 is 5.32 Å². The van der Waals surface area contributed by atoms with E-state index in [1.54, 1.807) is 0 Å². The van der Waals surface area contributed by atoms with Crippen LogP contribution in [0.2, 0.25) is 0 Å². The highest BCUT2D eigenvalue weighted by Gasteiger charge is 2.34. The Morgan fingerprint density at radius 2 is 2.12 bits per heavy atom. The Hall–Kier alpha value is -0.610. The molecule has 0 bridgehead atoms. The molecule has 17 heavy (non-hydrogen) atoms. The fourth-order valence-electron chi connectivity index (χ4n) is 2.25. The molecule has 1 aliphatic heterocycles. The van der Waals surface area contributed by atoms with Gasteiger partial charge < -0.3 is 9.80 Å². The van der Waals surface area contributed by atoms with Crippen molar-refractivity contribution in [2.75, 3.05) is 20.1 Å². The molecule has 0 radical (unpaired) electrons. The highest BCUT2D eigenvalue weighted by Crippen LogP contribution is 2.13. The van der Waals surface area contributed by atoms with Crippen LogP contribution in [0.5, 0.6) is 0 Å². The predicted molar refractivity (Wildman–Crippen MR) is 70.8 cm³/mol. The number of carbonyl (C=O) groups excluding carboxylic acids is 1. The van der Waals surface area contributed by atoms with Crippen molar-refractivity contribution in [2.24, 2.45) is 0 Å². The zero-order valence-corrected chi connectivity index (χ0v) is 11.9. The van der Waals surface area contributed by atoms with E-state index in [-0.39, 0.29) is 18.1 Å². The Kier molecular flexibility index (Phi) is 5.40. The Morgan fingerprint density at radius 1 is 1.47 bits per heavy atom. The lowest BCUT2D eigenvalue weighted by Gasteiger charge is -2.28. The monoisotopic (exact) mass is 241 g/mol. The van der Waals surface area contributed by atoms with E-state index in [0.717, 1.165) is 25.9 Å². The zero-order chi connectivity index (χ0) is 13.0. The van der Waals surface area contributed by atoms with Gasteiger partial charge in [-0.3, -0.25) is 10.1 Å². The first-order valence-corrected chi connectivity index (χ1v) is 6.78. The summed E-state index contributed by atoms with van der Waals surface area (Å²) in [4.78, 5) is 16.3. The highest BCUT2D eigenvalue weighted by atomic mass is 16.2. The lowest BCUT2D eigenvalue weighted by molar-refractivity contribution is -0.130. The molecule has 1 heterocycles. The second-order valence-corrected chi connectivity index (χ2v) is 5.08. The number of rotatable bonds is 6. The van der Waals surface area contributed by atoms with Crippen molar-refractivity contribution >= 4 is 5.91 Å². The van der Waals surface area contributed by atoms with E-state index in [0.29, 0.717) is 6.04 Å². The average molecular weight is 241 g/mol. The van der Waals surface area contributed by atoms with Crippen molar-refractivity contribution in [3.05, 3.63) is 0 Å². The molecule has 3 atom stereocenters. The smallest absolute Gasteiger partial charge is 0.240 e. The molecule has 3 unspecified atom stereocenters. The fraction of sp³-hybridized carbons (Fsp3) is 0.923. The first-order valence-electron chi connectivity index (χ1n) is 6.78. The molecule has 1 N–H and O–H groups in total. The number of likely N-dealkylation sites (N-methyl/N-ethyl adjacent to an activating group) is 1. The SMILES string of the molecule is CCC(C)N(C)CCN1C(=O)C(C)NC1CC. The molecule has 0 spiro atoms. The number of amides is 1. The largest absolute Gasteiger partial charge is 0.325 e. The molecule has 1 saturated heterocycles. The van der Waals surface area contributed by atoms with Gasteiger partial charge in [-0.05, 0) is 33.7 Å². The van der Waals surface area contributed by atoms with Gasteiger partial charge in [-0.1, -0.05) is 13.8 Å². The summed E-state index contributed by atoms with van der Waals surface area (Å²) in [5, 5.41) is 3.33. The number of hydrogen-bond acceptors (Lipinski definition) is 3. The summed E-state index contributed by atoms with van der Waals surface area (Å²) in [5.74, 6) is 0.245. The molecule has 4 nitrogen and oxygen atoms in total. The van der Waals surface area contributed by atoms with Crippen molar-refractivity contribution in [2.45, 2.75) is 58.8 Å². The van der Waals surface area contributed by atoms with E-state index in [1.165, 1.54) is 0 Å². The zero-order valence-electron chi connectivity index (χ0n) is 11.9. The Labute approximate surface area is 105 Å². The number of nitrogens with zero attached hydrogens (tertiary/aromatic N) is 2. The maximum absolute atomic E-state index is 12.0. The molecule has 0 aromatic heterocycles. The third kappa shape index (κ3) is 3.42. The molecule has 1 amide bonds. The Balaban J connectivity index is 2.47. The van der Waals surface area contributed by atoms with Crippen LogP contribution in [-0.4, -0.2) is 54.1 Å². The summed E-state index contributed by atoms with van der Waals surface area (Å²) in [6.45, 7) is 10.3. The maximum atomic E-state index is 12.0. The van der Waals surface area contributed by atoms with Gasteiger partial charge in [0.15, 0.2) is 0 Å². The minimum Gasteiger partial charge on any atom is -0.325 e. The molecule has 1 rings (SSSR count). The van der Waals surface area contributed by atoms with Gasteiger partial charge in [-0.15, -0.1) is 0 Å². The fourth-order valence-corrected chi connectivity index (χ4v) is 2.25. The summed E-state index contributed by atoms with van der Waals surface area (Å²) >= 11 is 0. The van der Waals surface area contributed by atoms with Gasteiger partial charge in [0.05, 0.1) is 12.2 Å². The molecule has 0 saturated carbocycles. The van der Waals surface area contributed by atoms with Gasteiger partial charge in [0, 0.05) is 19.1 Å². The van der Waals surface area contributed by atoms with Crippen LogP contribution >= 0.6 is 0 Å². The number of carbonyl (C=O) groups is 1. The predicted octanol–water partition coefficient (Wildman–Crippen LogP) is 1.27. The Bertz CT molecular complexity index is 257. The van der Waals surface area contributed by atoms with Gasteiger partial charge in [-0.25, -0.2) is 0 Å². The second-order valence-electron chi connectivity index (χ2n) is 5.08.